The fraction of sp³-hybridized carbons (Fsp3) is 0. The highest BCUT2D eigenvalue weighted by Crippen LogP contribution is 2.20. The normalized spacial score (nSPS) is 11.5. The number of aliphatic imine (C=N–C) groups is 1. The van der Waals surface area contributed by atoms with Crippen molar-refractivity contribution in [2.75, 3.05) is 0 Å². The molecule has 0 amide bonds. The van der Waals surface area contributed by atoms with Gasteiger partial charge in [-0.2, -0.15) is 0 Å². The van der Waals surface area contributed by atoms with Gasteiger partial charge in [-0.1, -0.05) is 54.6 Å². The minimum atomic E-state index is 0.981. The Morgan fingerprint density at radius 3 is 2.05 bits per heavy atom. The molecule has 1 aromatic heterocycles. The van der Waals surface area contributed by atoms with Gasteiger partial charge in [-0.3, -0.25) is 0 Å². The molecule has 1 heterocycles. The van der Waals surface area contributed by atoms with E-state index < -0.39 is 0 Å². The van der Waals surface area contributed by atoms with Crippen molar-refractivity contribution < 1.29 is 0 Å². The molecule has 0 fully saturated rings. The van der Waals surface area contributed by atoms with E-state index in [-0.39, 0.29) is 0 Å². The maximum Gasteiger partial charge on any atom is 0.0881 e. The topological polar surface area (TPSA) is 12.4 Å². The van der Waals surface area contributed by atoms with Crippen LogP contribution in [-0.4, -0.2) is 5.71 Å². The van der Waals surface area contributed by atoms with E-state index in [9.17, 15) is 0 Å². The fourth-order valence-electron chi connectivity index (χ4n) is 1.90. The minimum absolute atomic E-state index is 0.981. The van der Waals surface area contributed by atoms with Gasteiger partial charge in [0.15, 0.2) is 0 Å². The summed E-state index contributed by atoms with van der Waals surface area (Å²) in [4.78, 5) is 5.99. The molecule has 0 bridgehead atoms. The van der Waals surface area contributed by atoms with Crippen molar-refractivity contribution in [3.63, 3.8) is 0 Å². The lowest BCUT2D eigenvalue weighted by Gasteiger charge is -2.04. The average Bonchev–Trinajstić information content (AvgIpc) is 3.01. The predicted molar refractivity (Wildman–Crippen MR) is 82.5 cm³/mol. The molecule has 0 radical (unpaired) electrons. The standard InChI is InChI=1S/C17H13NS/c1-3-8-14(9-4-1)17(16-12-7-13-19-16)18-15-10-5-2-6-11-15/h1-13H. The van der Waals surface area contributed by atoms with Crippen LogP contribution >= 0.6 is 11.3 Å². The van der Waals surface area contributed by atoms with E-state index >= 15 is 0 Å². The minimum Gasteiger partial charge on any atom is -0.247 e. The Morgan fingerprint density at radius 1 is 0.737 bits per heavy atom. The zero-order valence-electron chi connectivity index (χ0n) is 10.4. The molecular weight excluding hydrogens is 250 g/mol. The number of hydrogen-bond acceptors (Lipinski definition) is 2. The van der Waals surface area contributed by atoms with Gasteiger partial charge < -0.3 is 0 Å². The van der Waals surface area contributed by atoms with Crippen LogP contribution in [0.4, 0.5) is 5.69 Å². The van der Waals surface area contributed by atoms with Gasteiger partial charge in [-0.15, -0.1) is 11.3 Å². The van der Waals surface area contributed by atoms with Crippen LogP contribution < -0.4 is 0 Å². The second kappa shape index (κ2) is 5.63. The summed E-state index contributed by atoms with van der Waals surface area (Å²) in [6, 6.07) is 24.6. The summed E-state index contributed by atoms with van der Waals surface area (Å²) < 4.78 is 0. The Hall–Kier alpha value is -2.19. The maximum atomic E-state index is 4.80. The van der Waals surface area contributed by atoms with Gasteiger partial charge in [0, 0.05) is 5.56 Å². The molecule has 0 atom stereocenters. The Labute approximate surface area is 116 Å². The van der Waals surface area contributed by atoms with Crippen LogP contribution in [-0.2, 0) is 0 Å². The first-order valence-electron chi connectivity index (χ1n) is 6.16. The van der Waals surface area contributed by atoms with E-state index in [0.717, 1.165) is 17.0 Å². The molecule has 0 unspecified atom stereocenters. The smallest absolute Gasteiger partial charge is 0.0881 e. The third kappa shape index (κ3) is 2.80. The maximum absolute atomic E-state index is 4.80. The van der Waals surface area contributed by atoms with Crippen molar-refractivity contribution in [2.24, 2.45) is 4.99 Å². The highest BCUT2D eigenvalue weighted by atomic mass is 32.1. The summed E-state index contributed by atoms with van der Waals surface area (Å²) in [5, 5.41) is 2.08. The lowest BCUT2D eigenvalue weighted by molar-refractivity contribution is 1.49. The Bertz CT molecular complexity index is 655. The van der Waals surface area contributed by atoms with Gasteiger partial charge in [0.25, 0.3) is 0 Å². The van der Waals surface area contributed by atoms with Gasteiger partial charge in [0.2, 0.25) is 0 Å². The second-order valence-corrected chi connectivity index (χ2v) is 5.09. The molecule has 0 saturated heterocycles. The van der Waals surface area contributed by atoms with E-state index in [0.29, 0.717) is 0 Å². The van der Waals surface area contributed by atoms with Gasteiger partial charge in [-0.25, -0.2) is 4.99 Å². The zero-order chi connectivity index (χ0) is 12.9. The van der Waals surface area contributed by atoms with Crippen LogP contribution in [0.3, 0.4) is 0 Å². The summed E-state index contributed by atoms with van der Waals surface area (Å²) in [7, 11) is 0. The van der Waals surface area contributed by atoms with Crippen LogP contribution in [0, 0.1) is 0 Å². The zero-order valence-corrected chi connectivity index (χ0v) is 11.2. The van der Waals surface area contributed by atoms with Crippen molar-refractivity contribution in [2.45, 2.75) is 0 Å². The highest BCUT2D eigenvalue weighted by molar-refractivity contribution is 7.12. The van der Waals surface area contributed by atoms with E-state index in [4.69, 9.17) is 4.99 Å². The van der Waals surface area contributed by atoms with Crippen molar-refractivity contribution in [1.29, 1.82) is 0 Å². The Balaban J connectivity index is 2.10. The van der Waals surface area contributed by atoms with Crippen LogP contribution in [0.5, 0.6) is 0 Å². The predicted octanol–water partition coefficient (Wildman–Crippen LogP) is 4.92. The quantitative estimate of drug-likeness (QED) is 0.595. The first-order valence-corrected chi connectivity index (χ1v) is 7.04. The van der Waals surface area contributed by atoms with E-state index in [1.165, 1.54) is 4.88 Å². The number of nitrogens with zero attached hydrogens (tertiary/aromatic N) is 1. The monoisotopic (exact) mass is 263 g/mol. The molecule has 0 saturated carbocycles. The number of rotatable bonds is 3. The van der Waals surface area contributed by atoms with Gasteiger partial charge >= 0.3 is 0 Å². The summed E-state index contributed by atoms with van der Waals surface area (Å²) in [6.07, 6.45) is 0. The molecule has 2 heteroatoms. The number of para-hydroxylation sites is 1. The summed E-state index contributed by atoms with van der Waals surface area (Å²) in [6.45, 7) is 0. The molecule has 92 valence electrons. The average molecular weight is 263 g/mol. The molecule has 0 aliphatic carbocycles. The third-order valence-electron chi connectivity index (χ3n) is 2.80. The van der Waals surface area contributed by atoms with Crippen molar-refractivity contribution in [3.05, 3.63) is 88.6 Å². The molecular formula is C17H13NS. The Kier molecular flexibility index (Phi) is 3.52. The van der Waals surface area contributed by atoms with E-state index in [1.807, 2.05) is 48.5 Å². The molecule has 3 rings (SSSR count). The van der Waals surface area contributed by atoms with Gasteiger partial charge in [-0.05, 0) is 23.6 Å². The second-order valence-electron chi connectivity index (χ2n) is 4.14. The van der Waals surface area contributed by atoms with Crippen molar-refractivity contribution in [3.8, 4) is 0 Å². The molecule has 0 aliphatic heterocycles. The van der Waals surface area contributed by atoms with Gasteiger partial charge in [0.05, 0.1) is 16.3 Å². The molecule has 0 spiro atoms. The summed E-state index contributed by atoms with van der Waals surface area (Å²) in [5.74, 6) is 0. The van der Waals surface area contributed by atoms with Crippen molar-refractivity contribution >= 4 is 22.7 Å². The van der Waals surface area contributed by atoms with E-state index in [1.54, 1.807) is 11.3 Å². The van der Waals surface area contributed by atoms with Crippen LogP contribution in [0.1, 0.15) is 10.4 Å². The molecule has 0 aliphatic rings. The van der Waals surface area contributed by atoms with Gasteiger partial charge in [0.1, 0.15) is 0 Å². The highest BCUT2D eigenvalue weighted by Gasteiger charge is 2.07. The molecule has 0 N–H and O–H groups in total. The number of hydrogen-bond donors (Lipinski definition) is 0. The van der Waals surface area contributed by atoms with Crippen LogP contribution in [0.25, 0.3) is 0 Å². The Morgan fingerprint density at radius 2 is 1.42 bits per heavy atom. The number of benzene rings is 2. The van der Waals surface area contributed by atoms with Crippen molar-refractivity contribution in [1.82, 2.24) is 0 Å². The summed E-state index contributed by atoms with van der Waals surface area (Å²) in [5.41, 5.74) is 3.16. The first-order chi connectivity index (χ1) is 9.43. The molecule has 1 nitrogen and oxygen atoms in total. The van der Waals surface area contributed by atoms with Crippen LogP contribution in [0.15, 0.2) is 83.2 Å². The lowest BCUT2D eigenvalue weighted by Crippen LogP contribution is -1.99. The van der Waals surface area contributed by atoms with Crippen LogP contribution in [0.2, 0.25) is 0 Å². The molecule has 19 heavy (non-hydrogen) atoms. The number of thiophene rings is 1. The molecule has 2 aromatic carbocycles. The third-order valence-corrected chi connectivity index (χ3v) is 3.68. The lowest BCUT2D eigenvalue weighted by atomic mass is 10.1. The van der Waals surface area contributed by atoms with E-state index in [2.05, 4.69) is 29.6 Å². The first kappa shape index (κ1) is 11.9. The fourth-order valence-corrected chi connectivity index (χ4v) is 2.64. The SMILES string of the molecule is c1ccc(N=C(c2ccccc2)c2cccs2)cc1. The largest absolute Gasteiger partial charge is 0.247 e. The summed E-state index contributed by atoms with van der Waals surface area (Å²) >= 11 is 1.71. The molecule has 3 aromatic rings.